The number of ether oxygens (including phenoxy) is 1. The van der Waals surface area contributed by atoms with Crippen LogP contribution in [-0.2, 0) is 25.8 Å². The van der Waals surface area contributed by atoms with E-state index in [4.69, 9.17) is 0 Å². The van der Waals surface area contributed by atoms with E-state index in [9.17, 15) is 18.0 Å². The highest BCUT2D eigenvalue weighted by molar-refractivity contribution is 7.92. The predicted octanol–water partition coefficient (Wildman–Crippen LogP) is 1.47. The number of hydrogen-bond donors (Lipinski definition) is 0. The minimum Gasteiger partial charge on any atom is -0.469 e. The number of esters is 1. The second-order valence-corrected chi connectivity index (χ2v) is 8.36. The van der Waals surface area contributed by atoms with Crippen molar-refractivity contribution in [3.05, 3.63) is 21.9 Å². The lowest BCUT2D eigenvalue weighted by Gasteiger charge is -2.19. The van der Waals surface area contributed by atoms with Crippen LogP contribution in [0.2, 0.25) is 0 Å². The van der Waals surface area contributed by atoms with Crippen molar-refractivity contribution in [3.8, 4) is 0 Å². The van der Waals surface area contributed by atoms with Gasteiger partial charge in [0.15, 0.2) is 15.6 Å². The normalized spacial score (nSPS) is 12.2. The SMILES string of the molecule is COC(=O)Cc1ccc(C(=O)C(C)(C)S(C)(=O)=O)s1. The van der Waals surface area contributed by atoms with E-state index < -0.39 is 26.3 Å². The summed E-state index contributed by atoms with van der Waals surface area (Å²) in [6.07, 6.45) is 1.11. The molecule has 0 spiro atoms. The Bertz CT molecular complexity index is 595. The summed E-state index contributed by atoms with van der Waals surface area (Å²) in [4.78, 5) is 24.3. The zero-order valence-corrected chi connectivity index (χ0v) is 12.9. The highest BCUT2D eigenvalue weighted by Gasteiger charge is 2.39. The quantitative estimate of drug-likeness (QED) is 0.608. The minimum absolute atomic E-state index is 0.0771. The first-order chi connectivity index (χ1) is 8.59. The number of Topliss-reactive ketones (excluding diaryl/α,β-unsaturated/α-hetero) is 1. The van der Waals surface area contributed by atoms with Crippen LogP contribution in [0.3, 0.4) is 0 Å². The summed E-state index contributed by atoms with van der Waals surface area (Å²) in [5, 5.41) is 0. The Balaban J connectivity index is 3.00. The Kier molecular flexibility index (Phi) is 4.52. The Morgan fingerprint density at radius 2 is 1.89 bits per heavy atom. The van der Waals surface area contributed by atoms with Crippen molar-refractivity contribution >= 4 is 32.9 Å². The molecule has 1 aromatic heterocycles. The van der Waals surface area contributed by atoms with E-state index in [1.807, 2.05) is 0 Å². The molecule has 0 fully saturated rings. The van der Waals surface area contributed by atoms with E-state index >= 15 is 0 Å². The van der Waals surface area contributed by atoms with Gasteiger partial charge in [-0.1, -0.05) is 0 Å². The molecule has 1 aromatic rings. The van der Waals surface area contributed by atoms with Gasteiger partial charge in [-0.05, 0) is 26.0 Å². The standard InChI is InChI=1S/C12H16O5S2/c1-12(2,19(4,15)16)11(14)9-6-5-8(18-9)7-10(13)17-3/h5-6H,7H2,1-4H3. The molecular formula is C12H16O5S2. The van der Waals surface area contributed by atoms with E-state index in [0.717, 1.165) is 17.6 Å². The third kappa shape index (κ3) is 3.42. The first-order valence-corrected chi connectivity index (χ1v) is 8.20. The van der Waals surface area contributed by atoms with Gasteiger partial charge in [0.05, 0.1) is 18.4 Å². The molecular weight excluding hydrogens is 288 g/mol. The van der Waals surface area contributed by atoms with Gasteiger partial charge < -0.3 is 4.74 Å². The number of hydrogen-bond acceptors (Lipinski definition) is 6. The van der Waals surface area contributed by atoms with Crippen LogP contribution in [0.15, 0.2) is 12.1 Å². The molecule has 19 heavy (non-hydrogen) atoms. The number of carbonyl (C=O) groups excluding carboxylic acids is 2. The average Bonchev–Trinajstić information content (AvgIpc) is 2.74. The van der Waals surface area contributed by atoms with Gasteiger partial charge in [-0.2, -0.15) is 0 Å². The number of carbonyl (C=O) groups is 2. The first-order valence-electron chi connectivity index (χ1n) is 5.49. The van der Waals surface area contributed by atoms with Crippen LogP contribution >= 0.6 is 11.3 Å². The largest absolute Gasteiger partial charge is 0.469 e. The highest BCUT2D eigenvalue weighted by Crippen LogP contribution is 2.26. The first kappa shape index (κ1) is 15.8. The second kappa shape index (κ2) is 5.42. The Morgan fingerprint density at radius 3 is 2.37 bits per heavy atom. The lowest BCUT2D eigenvalue weighted by Crippen LogP contribution is -2.39. The Hall–Kier alpha value is -1.21. The molecule has 5 nitrogen and oxygen atoms in total. The molecule has 1 rings (SSSR count). The van der Waals surface area contributed by atoms with E-state index in [2.05, 4.69) is 4.74 Å². The van der Waals surface area contributed by atoms with Crippen LogP contribution in [0.4, 0.5) is 0 Å². The number of thiophene rings is 1. The van der Waals surface area contributed by atoms with Gasteiger partial charge >= 0.3 is 5.97 Å². The zero-order valence-electron chi connectivity index (χ0n) is 11.2. The second-order valence-electron chi connectivity index (χ2n) is 4.63. The van der Waals surface area contributed by atoms with E-state index in [1.165, 1.54) is 27.0 Å². The summed E-state index contributed by atoms with van der Waals surface area (Å²) in [5.41, 5.74) is 0. The highest BCUT2D eigenvalue weighted by atomic mass is 32.2. The molecule has 0 amide bonds. The molecule has 0 atom stereocenters. The number of ketones is 1. The maximum Gasteiger partial charge on any atom is 0.310 e. The third-order valence-electron chi connectivity index (χ3n) is 2.91. The van der Waals surface area contributed by atoms with Gasteiger partial charge in [-0.25, -0.2) is 8.42 Å². The van der Waals surface area contributed by atoms with Gasteiger partial charge in [0, 0.05) is 11.1 Å². The molecule has 0 N–H and O–H groups in total. The van der Waals surface area contributed by atoms with Crippen LogP contribution in [0.1, 0.15) is 28.4 Å². The smallest absolute Gasteiger partial charge is 0.310 e. The molecule has 0 aromatic carbocycles. The molecule has 0 saturated heterocycles. The Morgan fingerprint density at radius 1 is 1.32 bits per heavy atom. The van der Waals surface area contributed by atoms with Gasteiger partial charge in [0.25, 0.3) is 0 Å². The summed E-state index contributed by atoms with van der Waals surface area (Å²) in [6, 6.07) is 3.17. The van der Waals surface area contributed by atoms with Gasteiger partial charge in [0.2, 0.25) is 0 Å². The van der Waals surface area contributed by atoms with Crippen LogP contribution in [0.5, 0.6) is 0 Å². The number of methoxy groups -OCH3 is 1. The predicted molar refractivity (Wildman–Crippen MR) is 73.3 cm³/mol. The van der Waals surface area contributed by atoms with Crippen LogP contribution in [0.25, 0.3) is 0 Å². The van der Waals surface area contributed by atoms with Crippen LogP contribution in [-0.4, -0.2) is 38.3 Å². The fraction of sp³-hybridized carbons (Fsp3) is 0.500. The van der Waals surface area contributed by atoms with Crippen LogP contribution < -0.4 is 0 Å². The fourth-order valence-electron chi connectivity index (χ4n) is 1.27. The van der Waals surface area contributed by atoms with Crippen molar-refractivity contribution in [1.82, 2.24) is 0 Å². The Labute approximate surface area is 116 Å². The van der Waals surface area contributed by atoms with Crippen molar-refractivity contribution < 1.29 is 22.7 Å². The van der Waals surface area contributed by atoms with E-state index in [0.29, 0.717) is 9.75 Å². The zero-order chi connectivity index (χ0) is 14.8. The molecule has 106 valence electrons. The van der Waals surface area contributed by atoms with Crippen molar-refractivity contribution in [2.45, 2.75) is 25.0 Å². The minimum atomic E-state index is -3.50. The lowest BCUT2D eigenvalue weighted by molar-refractivity contribution is -0.139. The van der Waals surface area contributed by atoms with Gasteiger partial charge in [-0.15, -0.1) is 11.3 Å². The van der Waals surface area contributed by atoms with Crippen molar-refractivity contribution in [2.75, 3.05) is 13.4 Å². The number of sulfone groups is 1. The van der Waals surface area contributed by atoms with E-state index in [1.54, 1.807) is 6.07 Å². The van der Waals surface area contributed by atoms with Crippen molar-refractivity contribution in [1.29, 1.82) is 0 Å². The summed E-state index contributed by atoms with van der Waals surface area (Å²) < 4.78 is 26.3. The van der Waals surface area contributed by atoms with Crippen molar-refractivity contribution in [2.24, 2.45) is 0 Å². The molecule has 0 aliphatic heterocycles. The monoisotopic (exact) mass is 304 g/mol. The molecule has 0 bridgehead atoms. The maximum atomic E-state index is 12.2. The van der Waals surface area contributed by atoms with Gasteiger partial charge in [0.1, 0.15) is 4.75 Å². The molecule has 0 radical (unpaired) electrons. The summed E-state index contributed by atoms with van der Waals surface area (Å²) in [7, 11) is -2.22. The van der Waals surface area contributed by atoms with E-state index in [-0.39, 0.29) is 6.42 Å². The molecule has 0 unspecified atom stereocenters. The molecule has 0 aliphatic rings. The molecule has 0 aliphatic carbocycles. The average molecular weight is 304 g/mol. The number of rotatable bonds is 5. The topological polar surface area (TPSA) is 77.5 Å². The van der Waals surface area contributed by atoms with Crippen LogP contribution in [0, 0.1) is 0 Å². The maximum absolute atomic E-state index is 12.2. The summed E-state index contributed by atoms with van der Waals surface area (Å²) in [6.45, 7) is 2.76. The third-order valence-corrected chi connectivity index (χ3v) is 6.03. The van der Waals surface area contributed by atoms with Crippen molar-refractivity contribution in [3.63, 3.8) is 0 Å². The summed E-state index contributed by atoms with van der Waals surface area (Å²) >= 11 is 1.11. The molecule has 7 heteroatoms. The van der Waals surface area contributed by atoms with Gasteiger partial charge in [-0.3, -0.25) is 9.59 Å². The summed E-state index contributed by atoms with van der Waals surface area (Å²) in [5.74, 6) is -0.862. The lowest BCUT2D eigenvalue weighted by atomic mass is 10.1. The molecule has 0 saturated carbocycles. The molecule has 1 heterocycles. The fourth-order valence-corrected chi connectivity index (χ4v) is 2.88.